The van der Waals surface area contributed by atoms with E-state index in [0.29, 0.717) is 10.8 Å². The number of likely N-dealkylation sites (N-methyl/N-ethyl adjacent to an activating group) is 1. The van der Waals surface area contributed by atoms with Crippen LogP contribution in [0.4, 0.5) is 5.69 Å². The Hall–Kier alpha value is -2.73. The van der Waals surface area contributed by atoms with Crippen molar-refractivity contribution in [1.82, 2.24) is 20.6 Å². The molecular formula is C18H16ClN5O. The Balaban J connectivity index is 1.63. The highest BCUT2D eigenvalue weighted by Gasteiger charge is 2.52. The predicted octanol–water partition coefficient (Wildman–Crippen LogP) is 3.21. The number of hydrogen-bond donors (Lipinski definition) is 1. The fourth-order valence-electron chi connectivity index (χ4n) is 3.10. The van der Waals surface area contributed by atoms with Gasteiger partial charge in [-0.15, -0.1) is 10.2 Å². The van der Waals surface area contributed by atoms with Crippen molar-refractivity contribution in [2.45, 2.75) is 18.3 Å². The maximum absolute atomic E-state index is 13.2. The number of nitrogens with zero attached hydrogens (tertiary/aromatic N) is 4. The minimum atomic E-state index is -0.443. The van der Waals surface area contributed by atoms with Crippen LogP contribution in [-0.4, -0.2) is 33.6 Å². The standard InChI is InChI=1S/C18H16ClN5O/c1-24(15-4-2-3-12(11-15)16-20-22-23-21-16)17(25)18(9-10-18)13-5-7-14(19)8-6-13/h2-8,11H,9-10H2,1H3,(H,20,21,22,23). The molecule has 1 aliphatic carbocycles. The van der Waals surface area contributed by atoms with E-state index in [1.165, 1.54) is 0 Å². The van der Waals surface area contributed by atoms with Crippen LogP contribution in [0.15, 0.2) is 48.5 Å². The van der Waals surface area contributed by atoms with E-state index in [1.54, 1.807) is 11.9 Å². The summed E-state index contributed by atoms with van der Waals surface area (Å²) >= 11 is 5.97. The van der Waals surface area contributed by atoms with Gasteiger partial charge in [-0.05, 0) is 47.9 Å². The first-order valence-electron chi connectivity index (χ1n) is 7.98. The van der Waals surface area contributed by atoms with Crippen LogP contribution in [0.25, 0.3) is 11.4 Å². The third-order valence-corrected chi connectivity index (χ3v) is 4.95. The average Bonchev–Trinajstić information content (AvgIpc) is 3.26. The number of hydrogen-bond acceptors (Lipinski definition) is 4. The predicted molar refractivity (Wildman–Crippen MR) is 95.4 cm³/mol. The molecule has 7 heteroatoms. The van der Waals surface area contributed by atoms with Gasteiger partial charge in [-0.1, -0.05) is 35.9 Å². The molecule has 0 radical (unpaired) electrons. The van der Waals surface area contributed by atoms with Crippen LogP contribution in [0.2, 0.25) is 5.02 Å². The zero-order valence-electron chi connectivity index (χ0n) is 13.6. The summed E-state index contributed by atoms with van der Waals surface area (Å²) in [5.74, 6) is 0.585. The smallest absolute Gasteiger partial charge is 0.237 e. The number of carbonyl (C=O) groups excluding carboxylic acids is 1. The minimum Gasteiger partial charge on any atom is -0.315 e. The number of halogens is 1. The van der Waals surface area contributed by atoms with Crippen LogP contribution in [0.1, 0.15) is 18.4 Å². The Kier molecular flexibility index (Phi) is 3.77. The van der Waals surface area contributed by atoms with Gasteiger partial charge in [0, 0.05) is 23.3 Å². The first kappa shape index (κ1) is 15.8. The van der Waals surface area contributed by atoms with Gasteiger partial charge < -0.3 is 4.90 Å². The van der Waals surface area contributed by atoms with Gasteiger partial charge in [-0.2, -0.15) is 5.21 Å². The summed E-state index contributed by atoms with van der Waals surface area (Å²) in [6.07, 6.45) is 1.70. The maximum atomic E-state index is 13.2. The maximum Gasteiger partial charge on any atom is 0.237 e. The second-order valence-corrected chi connectivity index (χ2v) is 6.68. The number of rotatable bonds is 4. The van der Waals surface area contributed by atoms with Gasteiger partial charge >= 0.3 is 0 Å². The minimum absolute atomic E-state index is 0.0834. The highest BCUT2D eigenvalue weighted by atomic mass is 35.5. The summed E-state index contributed by atoms with van der Waals surface area (Å²) in [5, 5.41) is 14.7. The molecule has 1 amide bonds. The highest BCUT2D eigenvalue weighted by molar-refractivity contribution is 6.30. The fourth-order valence-corrected chi connectivity index (χ4v) is 3.22. The number of carbonyl (C=O) groups is 1. The monoisotopic (exact) mass is 353 g/mol. The first-order valence-corrected chi connectivity index (χ1v) is 8.36. The zero-order chi connectivity index (χ0) is 17.4. The molecule has 6 nitrogen and oxygen atoms in total. The number of anilines is 1. The molecule has 0 bridgehead atoms. The van der Waals surface area contributed by atoms with Crippen molar-refractivity contribution in [2.24, 2.45) is 0 Å². The molecule has 0 spiro atoms. The number of amides is 1. The van der Waals surface area contributed by atoms with Crippen LogP contribution in [0.3, 0.4) is 0 Å². The molecule has 1 aliphatic rings. The van der Waals surface area contributed by atoms with E-state index in [4.69, 9.17) is 11.6 Å². The quantitative estimate of drug-likeness (QED) is 0.781. The van der Waals surface area contributed by atoms with Gasteiger partial charge in [0.25, 0.3) is 0 Å². The molecule has 3 aromatic rings. The van der Waals surface area contributed by atoms with Crippen LogP contribution < -0.4 is 4.90 Å². The SMILES string of the molecule is CN(C(=O)C1(c2ccc(Cl)cc2)CC1)c1cccc(-c2nn[nH]n2)c1. The van der Waals surface area contributed by atoms with Crippen molar-refractivity contribution < 1.29 is 4.79 Å². The summed E-state index contributed by atoms with van der Waals surface area (Å²) in [6, 6.07) is 15.1. The summed E-state index contributed by atoms with van der Waals surface area (Å²) < 4.78 is 0. The molecule has 1 N–H and O–H groups in total. The van der Waals surface area contributed by atoms with Crippen molar-refractivity contribution in [1.29, 1.82) is 0 Å². The van der Waals surface area contributed by atoms with Crippen molar-refractivity contribution in [3.63, 3.8) is 0 Å². The van der Waals surface area contributed by atoms with Gasteiger partial charge in [0.05, 0.1) is 5.41 Å². The van der Waals surface area contributed by atoms with Crippen molar-refractivity contribution in [3.05, 3.63) is 59.1 Å². The Labute approximate surface area is 149 Å². The summed E-state index contributed by atoms with van der Waals surface area (Å²) in [7, 11) is 1.80. The number of nitrogens with one attached hydrogen (secondary N) is 1. The lowest BCUT2D eigenvalue weighted by Crippen LogP contribution is -2.36. The Morgan fingerprint density at radius 3 is 2.60 bits per heavy atom. The molecule has 2 aromatic carbocycles. The third kappa shape index (κ3) is 2.78. The van der Waals surface area contributed by atoms with Crippen LogP contribution in [-0.2, 0) is 10.2 Å². The molecule has 1 saturated carbocycles. The topological polar surface area (TPSA) is 74.8 Å². The lowest BCUT2D eigenvalue weighted by Gasteiger charge is -2.24. The summed E-state index contributed by atoms with van der Waals surface area (Å²) in [5.41, 5.74) is 2.18. The molecule has 126 valence electrons. The summed E-state index contributed by atoms with van der Waals surface area (Å²) in [4.78, 5) is 14.9. The molecule has 0 unspecified atom stereocenters. The number of tetrazole rings is 1. The fraction of sp³-hybridized carbons (Fsp3) is 0.222. The van der Waals surface area contributed by atoms with Gasteiger partial charge in [0.15, 0.2) is 0 Å². The number of H-pyrrole nitrogens is 1. The average molecular weight is 354 g/mol. The van der Waals surface area contributed by atoms with E-state index in [2.05, 4.69) is 20.6 Å². The number of aromatic amines is 1. The number of aromatic nitrogens is 4. The Bertz CT molecular complexity index is 903. The van der Waals surface area contributed by atoms with Crippen LogP contribution in [0, 0.1) is 0 Å². The van der Waals surface area contributed by atoms with Crippen LogP contribution in [0.5, 0.6) is 0 Å². The largest absolute Gasteiger partial charge is 0.315 e. The van der Waals surface area contributed by atoms with E-state index in [-0.39, 0.29) is 5.91 Å². The lowest BCUT2D eigenvalue weighted by atomic mass is 9.94. The molecule has 0 aliphatic heterocycles. The normalized spacial score (nSPS) is 15.0. The number of benzene rings is 2. The van der Waals surface area contributed by atoms with Gasteiger partial charge in [-0.3, -0.25) is 4.79 Å². The molecule has 0 atom stereocenters. The Morgan fingerprint density at radius 1 is 1.20 bits per heavy atom. The van der Waals surface area contributed by atoms with Crippen molar-refractivity contribution in [2.75, 3.05) is 11.9 Å². The van der Waals surface area contributed by atoms with E-state index >= 15 is 0 Å². The molecule has 0 saturated heterocycles. The first-order chi connectivity index (χ1) is 12.1. The van der Waals surface area contributed by atoms with Gasteiger partial charge in [-0.25, -0.2) is 0 Å². The van der Waals surface area contributed by atoms with E-state index < -0.39 is 5.41 Å². The van der Waals surface area contributed by atoms with E-state index in [0.717, 1.165) is 29.7 Å². The molecule has 25 heavy (non-hydrogen) atoms. The van der Waals surface area contributed by atoms with E-state index in [9.17, 15) is 4.79 Å². The molecule has 1 fully saturated rings. The third-order valence-electron chi connectivity index (χ3n) is 4.70. The molecular weight excluding hydrogens is 338 g/mol. The second kappa shape index (κ2) is 5.97. The Morgan fingerprint density at radius 2 is 1.96 bits per heavy atom. The van der Waals surface area contributed by atoms with Crippen LogP contribution >= 0.6 is 11.6 Å². The van der Waals surface area contributed by atoms with E-state index in [1.807, 2.05) is 48.5 Å². The van der Waals surface area contributed by atoms with Crippen molar-refractivity contribution in [3.8, 4) is 11.4 Å². The summed E-state index contributed by atoms with van der Waals surface area (Å²) in [6.45, 7) is 0. The molecule has 4 rings (SSSR count). The lowest BCUT2D eigenvalue weighted by molar-refractivity contribution is -0.120. The van der Waals surface area contributed by atoms with Gasteiger partial charge in [0.2, 0.25) is 11.7 Å². The second-order valence-electron chi connectivity index (χ2n) is 6.24. The van der Waals surface area contributed by atoms with Crippen molar-refractivity contribution >= 4 is 23.2 Å². The molecule has 1 heterocycles. The molecule has 1 aromatic heterocycles. The van der Waals surface area contributed by atoms with Gasteiger partial charge in [0.1, 0.15) is 0 Å². The highest BCUT2D eigenvalue weighted by Crippen LogP contribution is 2.50. The zero-order valence-corrected chi connectivity index (χ0v) is 14.4.